The van der Waals surface area contributed by atoms with E-state index in [0.717, 1.165) is 19.4 Å². The molecule has 1 unspecified atom stereocenters. The standard InChI is InChI=1S/C11H18N2O/c1-2-14-9-11(12)6-5-10-4-3-7-13-8-10/h3-4,7-8,11H,2,5-6,9,12H2,1H3. The first-order chi connectivity index (χ1) is 6.83. The Morgan fingerprint density at radius 1 is 1.57 bits per heavy atom. The number of hydrogen-bond donors (Lipinski definition) is 1. The van der Waals surface area contributed by atoms with Gasteiger partial charge in [-0.25, -0.2) is 0 Å². The predicted octanol–water partition coefficient (Wildman–Crippen LogP) is 1.38. The molecule has 0 aliphatic rings. The summed E-state index contributed by atoms with van der Waals surface area (Å²) >= 11 is 0. The van der Waals surface area contributed by atoms with E-state index in [-0.39, 0.29) is 6.04 Å². The van der Waals surface area contributed by atoms with Gasteiger partial charge in [0, 0.05) is 25.0 Å². The van der Waals surface area contributed by atoms with E-state index in [0.29, 0.717) is 6.61 Å². The van der Waals surface area contributed by atoms with Gasteiger partial charge in [0.25, 0.3) is 0 Å². The molecule has 0 aromatic carbocycles. The Labute approximate surface area is 85.3 Å². The average Bonchev–Trinajstić information content (AvgIpc) is 2.25. The third-order valence-electron chi connectivity index (χ3n) is 2.06. The lowest BCUT2D eigenvalue weighted by atomic mass is 10.1. The largest absolute Gasteiger partial charge is 0.380 e. The van der Waals surface area contributed by atoms with E-state index < -0.39 is 0 Å². The summed E-state index contributed by atoms with van der Waals surface area (Å²) in [4.78, 5) is 4.05. The van der Waals surface area contributed by atoms with Gasteiger partial charge in [-0.3, -0.25) is 4.98 Å². The van der Waals surface area contributed by atoms with Crippen LogP contribution < -0.4 is 5.73 Å². The number of rotatable bonds is 6. The van der Waals surface area contributed by atoms with Gasteiger partial charge < -0.3 is 10.5 Å². The van der Waals surface area contributed by atoms with E-state index in [4.69, 9.17) is 10.5 Å². The molecule has 0 saturated heterocycles. The fourth-order valence-electron chi connectivity index (χ4n) is 1.25. The van der Waals surface area contributed by atoms with E-state index >= 15 is 0 Å². The molecule has 0 aliphatic heterocycles. The highest BCUT2D eigenvalue weighted by Crippen LogP contribution is 2.02. The van der Waals surface area contributed by atoms with Crippen LogP contribution in [0.4, 0.5) is 0 Å². The molecular formula is C11H18N2O. The van der Waals surface area contributed by atoms with Crippen molar-refractivity contribution < 1.29 is 4.74 Å². The van der Waals surface area contributed by atoms with Gasteiger partial charge in [0.2, 0.25) is 0 Å². The van der Waals surface area contributed by atoms with Crippen LogP contribution >= 0.6 is 0 Å². The molecule has 1 aromatic rings. The van der Waals surface area contributed by atoms with Crippen LogP contribution in [0.5, 0.6) is 0 Å². The molecule has 1 atom stereocenters. The predicted molar refractivity (Wildman–Crippen MR) is 57.0 cm³/mol. The lowest BCUT2D eigenvalue weighted by Gasteiger charge is -2.10. The number of aromatic nitrogens is 1. The minimum atomic E-state index is 0.134. The molecule has 3 nitrogen and oxygen atoms in total. The molecule has 0 fully saturated rings. The van der Waals surface area contributed by atoms with Crippen LogP contribution in [0.2, 0.25) is 0 Å². The van der Waals surface area contributed by atoms with E-state index in [2.05, 4.69) is 11.1 Å². The summed E-state index contributed by atoms with van der Waals surface area (Å²) in [5, 5.41) is 0. The monoisotopic (exact) mass is 194 g/mol. The Hall–Kier alpha value is -0.930. The number of pyridine rings is 1. The number of aryl methyl sites for hydroxylation is 1. The van der Waals surface area contributed by atoms with Crippen molar-refractivity contribution in [3.8, 4) is 0 Å². The van der Waals surface area contributed by atoms with E-state index in [1.54, 1.807) is 6.20 Å². The summed E-state index contributed by atoms with van der Waals surface area (Å²) in [6.45, 7) is 3.37. The fraction of sp³-hybridized carbons (Fsp3) is 0.545. The number of ether oxygens (including phenoxy) is 1. The molecule has 78 valence electrons. The lowest BCUT2D eigenvalue weighted by molar-refractivity contribution is 0.131. The van der Waals surface area contributed by atoms with Gasteiger partial charge in [-0.05, 0) is 31.4 Å². The first kappa shape index (κ1) is 11.1. The van der Waals surface area contributed by atoms with E-state index in [1.807, 2.05) is 19.2 Å². The summed E-state index contributed by atoms with van der Waals surface area (Å²) in [5.41, 5.74) is 7.10. The van der Waals surface area contributed by atoms with Crippen molar-refractivity contribution in [1.29, 1.82) is 0 Å². The zero-order valence-electron chi connectivity index (χ0n) is 8.65. The van der Waals surface area contributed by atoms with Crippen LogP contribution in [0.25, 0.3) is 0 Å². The average molecular weight is 194 g/mol. The Balaban J connectivity index is 2.20. The SMILES string of the molecule is CCOCC(N)CCc1cccnc1. The second-order valence-corrected chi connectivity index (χ2v) is 3.32. The highest BCUT2D eigenvalue weighted by molar-refractivity contribution is 5.08. The molecule has 0 saturated carbocycles. The van der Waals surface area contributed by atoms with Gasteiger partial charge >= 0.3 is 0 Å². The van der Waals surface area contributed by atoms with Crippen molar-refractivity contribution in [3.63, 3.8) is 0 Å². The Bertz CT molecular complexity index is 238. The van der Waals surface area contributed by atoms with Gasteiger partial charge in [-0.15, -0.1) is 0 Å². The fourth-order valence-corrected chi connectivity index (χ4v) is 1.25. The molecule has 1 aromatic heterocycles. The highest BCUT2D eigenvalue weighted by Gasteiger charge is 2.02. The molecule has 2 N–H and O–H groups in total. The van der Waals surface area contributed by atoms with Crippen molar-refractivity contribution in [2.24, 2.45) is 5.73 Å². The maximum absolute atomic E-state index is 5.86. The highest BCUT2D eigenvalue weighted by atomic mass is 16.5. The van der Waals surface area contributed by atoms with Gasteiger partial charge in [0.05, 0.1) is 6.61 Å². The first-order valence-electron chi connectivity index (χ1n) is 5.05. The van der Waals surface area contributed by atoms with Crippen LogP contribution in [0.1, 0.15) is 18.9 Å². The molecule has 14 heavy (non-hydrogen) atoms. The third kappa shape index (κ3) is 4.35. The van der Waals surface area contributed by atoms with Crippen molar-refractivity contribution in [2.45, 2.75) is 25.8 Å². The summed E-state index contributed by atoms with van der Waals surface area (Å²) in [6.07, 6.45) is 5.59. The molecule has 0 spiro atoms. The molecule has 0 radical (unpaired) electrons. The van der Waals surface area contributed by atoms with Crippen molar-refractivity contribution in [3.05, 3.63) is 30.1 Å². The second-order valence-electron chi connectivity index (χ2n) is 3.32. The summed E-state index contributed by atoms with van der Waals surface area (Å²) in [5.74, 6) is 0. The normalized spacial score (nSPS) is 12.7. The van der Waals surface area contributed by atoms with Gasteiger partial charge in [-0.2, -0.15) is 0 Å². The number of hydrogen-bond acceptors (Lipinski definition) is 3. The maximum Gasteiger partial charge on any atom is 0.0617 e. The van der Waals surface area contributed by atoms with E-state index in [1.165, 1.54) is 5.56 Å². The zero-order valence-corrected chi connectivity index (χ0v) is 8.65. The van der Waals surface area contributed by atoms with Crippen LogP contribution in [-0.4, -0.2) is 24.2 Å². The quantitative estimate of drug-likeness (QED) is 0.744. The van der Waals surface area contributed by atoms with Crippen molar-refractivity contribution in [1.82, 2.24) is 4.98 Å². The first-order valence-corrected chi connectivity index (χ1v) is 5.05. The van der Waals surface area contributed by atoms with Gasteiger partial charge in [-0.1, -0.05) is 6.07 Å². The maximum atomic E-state index is 5.86. The minimum Gasteiger partial charge on any atom is -0.380 e. The minimum absolute atomic E-state index is 0.134. The Morgan fingerprint density at radius 3 is 3.07 bits per heavy atom. The molecule has 1 heterocycles. The Morgan fingerprint density at radius 2 is 2.43 bits per heavy atom. The molecule has 0 aliphatic carbocycles. The summed E-state index contributed by atoms with van der Waals surface area (Å²) in [7, 11) is 0. The molecule has 1 rings (SSSR count). The van der Waals surface area contributed by atoms with Crippen LogP contribution in [0, 0.1) is 0 Å². The zero-order chi connectivity index (χ0) is 10.2. The van der Waals surface area contributed by atoms with Crippen molar-refractivity contribution in [2.75, 3.05) is 13.2 Å². The Kier molecular flexibility index (Phi) is 5.19. The molecule has 0 amide bonds. The molecule has 0 bridgehead atoms. The van der Waals surface area contributed by atoms with E-state index in [9.17, 15) is 0 Å². The van der Waals surface area contributed by atoms with Crippen LogP contribution in [0.3, 0.4) is 0 Å². The van der Waals surface area contributed by atoms with Crippen molar-refractivity contribution >= 4 is 0 Å². The topological polar surface area (TPSA) is 48.1 Å². The third-order valence-corrected chi connectivity index (χ3v) is 2.06. The summed E-state index contributed by atoms with van der Waals surface area (Å²) in [6, 6.07) is 4.15. The van der Waals surface area contributed by atoms with Gasteiger partial charge in [0.1, 0.15) is 0 Å². The second kappa shape index (κ2) is 6.51. The smallest absolute Gasteiger partial charge is 0.0617 e. The summed E-state index contributed by atoms with van der Waals surface area (Å²) < 4.78 is 5.24. The van der Waals surface area contributed by atoms with Crippen LogP contribution in [-0.2, 0) is 11.2 Å². The molecular weight excluding hydrogens is 176 g/mol. The van der Waals surface area contributed by atoms with Gasteiger partial charge in [0.15, 0.2) is 0 Å². The number of nitrogens with two attached hydrogens (primary N) is 1. The number of nitrogens with zero attached hydrogens (tertiary/aromatic N) is 1. The molecule has 3 heteroatoms. The van der Waals surface area contributed by atoms with Crippen LogP contribution in [0.15, 0.2) is 24.5 Å². The lowest BCUT2D eigenvalue weighted by Crippen LogP contribution is -2.26.